The molecule has 1 aromatic carbocycles. The van der Waals surface area contributed by atoms with E-state index in [2.05, 4.69) is 26.0 Å². The number of rotatable bonds is 4. The minimum absolute atomic E-state index is 0.0239. The van der Waals surface area contributed by atoms with Crippen LogP contribution >= 0.6 is 0 Å². The van der Waals surface area contributed by atoms with E-state index in [1.165, 1.54) is 5.56 Å². The summed E-state index contributed by atoms with van der Waals surface area (Å²) >= 11 is 0. The lowest BCUT2D eigenvalue weighted by Gasteiger charge is -2.32. The highest BCUT2D eigenvalue weighted by Gasteiger charge is 2.50. The van der Waals surface area contributed by atoms with Gasteiger partial charge in [-0.15, -0.1) is 0 Å². The van der Waals surface area contributed by atoms with Crippen molar-refractivity contribution in [2.45, 2.75) is 46.3 Å². The fourth-order valence-corrected chi connectivity index (χ4v) is 2.74. The van der Waals surface area contributed by atoms with Gasteiger partial charge in [0.25, 0.3) is 0 Å². The van der Waals surface area contributed by atoms with Crippen molar-refractivity contribution in [2.75, 3.05) is 0 Å². The standard InChI is InChI=1S/C16H22O2/c1-15(2)9-14(10-16(15,3)12-17)18-11-13-7-5-4-6-8-13/h4-8,12,14H,9-11H2,1-3H3/t14-,16-/m1/s1. The van der Waals surface area contributed by atoms with Crippen LogP contribution in [0.15, 0.2) is 30.3 Å². The molecule has 98 valence electrons. The zero-order valence-electron chi connectivity index (χ0n) is 11.5. The van der Waals surface area contributed by atoms with Gasteiger partial charge in [0.05, 0.1) is 12.7 Å². The van der Waals surface area contributed by atoms with Crippen LogP contribution in [-0.2, 0) is 16.1 Å². The van der Waals surface area contributed by atoms with Crippen molar-refractivity contribution >= 4 is 6.29 Å². The summed E-state index contributed by atoms with van der Waals surface area (Å²) in [5.74, 6) is 0. The molecule has 2 rings (SSSR count). The first-order valence-electron chi connectivity index (χ1n) is 6.59. The van der Waals surface area contributed by atoms with Gasteiger partial charge in [-0.05, 0) is 23.8 Å². The van der Waals surface area contributed by atoms with Crippen LogP contribution in [0.4, 0.5) is 0 Å². The summed E-state index contributed by atoms with van der Waals surface area (Å²) in [5, 5.41) is 0. The number of benzene rings is 1. The van der Waals surface area contributed by atoms with Crippen molar-refractivity contribution in [3.05, 3.63) is 35.9 Å². The van der Waals surface area contributed by atoms with Gasteiger partial charge in [-0.25, -0.2) is 0 Å². The maximum absolute atomic E-state index is 11.3. The zero-order chi connectivity index (χ0) is 13.2. The SMILES string of the molecule is CC1(C)C[C@@H](OCc2ccccc2)C[C@]1(C)C=O. The number of carbonyl (C=O) groups is 1. The van der Waals surface area contributed by atoms with E-state index < -0.39 is 0 Å². The Bertz CT molecular complexity index is 410. The Morgan fingerprint density at radius 3 is 2.44 bits per heavy atom. The van der Waals surface area contributed by atoms with Crippen LogP contribution < -0.4 is 0 Å². The minimum atomic E-state index is -0.256. The maximum atomic E-state index is 11.3. The maximum Gasteiger partial charge on any atom is 0.126 e. The van der Waals surface area contributed by atoms with Gasteiger partial charge in [0.2, 0.25) is 0 Å². The molecule has 1 aromatic rings. The second-order valence-corrected chi connectivity index (χ2v) is 6.25. The van der Waals surface area contributed by atoms with E-state index in [9.17, 15) is 4.79 Å². The van der Waals surface area contributed by atoms with Crippen molar-refractivity contribution in [1.82, 2.24) is 0 Å². The molecule has 0 aromatic heterocycles. The van der Waals surface area contributed by atoms with Crippen LogP contribution in [0.25, 0.3) is 0 Å². The fraction of sp³-hybridized carbons (Fsp3) is 0.562. The molecule has 1 fully saturated rings. The average molecular weight is 246 g/mol. The molecule has 2 nitrogen and oxygen atoms in total. The van der Waals surface area contributed by atoms with Crippen LogP contribution in [0.2, 0.25) is 0 Å². The molecule has 0 spiro atoms. The molecule has 1 aliphatic rings. The van der Waals surface area contributed by atoms with E-state index in [1.54, 1.807) is 0 Å². The van der Waals surface area contributed by atoms with E-state index in [1.807, 2.05) is 25.1 Å². The number of hydrogen-bond donors (Lipinski definition) is 0. The first-order chi connectivity index (χ1) is 8.47. The highest BCUT2D eigenvalue weighted by atomic mass is 16.5. The highest BCUT2D eigenvalue weighted by Crippen LogP contribution is 2.51. The molecule has 0 radical (unpaired) electrons. The quantitative estimate of drug-likeness (QED) is 0.759. The molecule has 1 aliphatic carbocycles. The molecule has 0 unspecified atom stereocenters. The van der Waals surface area contributed by atoms with Crippen molar-refractivity contribution in [2.24, 2.45) is 10.8 Å². The molecular weight excluding hydrogens is 224 g/mol. The second kappa shape index (κ2) is 4.85. The normalized spacial score (nSPS) is 30.3. The predicted molar refractivity (Wildman–Crippen MR) is 72.2 cm³/mol. The molecule has 0 bridgehead atoms. The van der Waals surface area contributed by atoms with E-state index >= 15 is 0 Å². The van der Waals surface area contributed by atoms with Crippen LogP contribution in [0.1, 0.15) is 39.2 Å². The zero-order valence-corrected chi connectivity index (χ0v) is 11.5. The molecule has 2 atom stereocenters. The third-order valence-electron chi connectivity index (χ3n) is 4.52. The van der Waals surface area contributed by atoms with Gasteiger partial charge in [-0.3, -0.25) is 0 Å². The summed E-state index contributed by atoms with van der Waals surface area (Å²) < 4.78 is 5.96. The van der Waals surface area contributed by atoms with E-state index in [0.29, 0.717) is 6.61 Å². The number of ether oxygens (including phenoxy) is 1. The first kappa shape index (κ1) is 13.3. The van der Waals surface area contributed by atoms with Crippen LogP contribution in [-0.4, -0.2) is 12.4 Å². The molecule has 18 heavy (non-hydrogen) atoms. The summed E-state index contributed by atoms with van der Waals surface area (Å²) in [6.07, 6.45) is 3.08. The predicted octanol–water partition coefficient (Wildman–Crippen LogP) is 3.60. The van der Waals surface area contributed by atoms with Crippen LogP contribution in [0.5, 0.6) is 0 Å². The second-order valence-electron chi connectivity index (χ2n) is 6.25. The molecule has 0 saturated heterocycles. The molecule has 0 amide bonds. The summed E-state index contributed by atoms with van der Waals surface area (Å²) in [4.78, 5) is 11.3. The Morgan fingerprint density at radius 1 is 1.22 bits per heavy atom. The largest absolute Gasteiger partial charge is 0.373 e. The fourth-order valence-electron chi connectivity index (χ4n) is 2.74. The van der Waals surface area contributed by atoms with Gasteiger partial charge in [0.15, 0.2) is 0 Å². The van der Waals surface area contributed by atoms with E-state index in [4.69, 9.17) is 4.74 Å². The van der Waals surface area contributed by atoms with Crippen molar-refractivity contribution in [3.63, 3.8) is 0 Å². The summed E-state index contributed by atoms with van der Waals surface area (Å²) in [7, 11) is 0. The summed E-state index contributed by atoms with van der Waals surface area (Å²) in [6.45, 7) is 7.00. The Morgan fingerprint density at radius 2 is 1.89 bits per heavy atom. The van der Waals surface area contributed by atoms with Gasteiger partial charge < -0.3 is 9.53 Å². The lowest BCUT2D eigenvalue weighted by Crippen LogP contribution is -2.30. The summed E-state index contributed by atoms with van der Waals surface area (Å²) in [6, 6.07) is 10.2. The monoisotopic (exact) mass is 246 g/mol. The lowest BCUT2D eigenvalue weighted by molar-refractivity contribution is -0.119. The Balaban J connectivity index is 1.95. The molecule has 0 N–H and O–H groups in total. The molecule has 0 heterocycles. The third kappa shape index (κ3) is 2.49. The number of hydrogen-bond acceptors (Lipinski definition) is 2. The minimum Gasteiger partial charge on any atom is -0.373 e. The highest BCUT2D eigenvalue weighted by molar-refractivity contribution is 5.61. The van der Waals surface area contributed by atoms with E-state index in [-0.39, 0.29) is 16.9 Å². The van der Waals surface area contributed by atoms with Gasteiger partial charge >= 0.3 is 0 Å². The smallest absolute Gasteiger partial charge is 0.126 e. The molecule has 0 aliphatic heterocycles. The van der Waals surface area contributed by atoms with E-state index in [0.717, 1.165) is 19.1 Å². The van der Waals surface area contributed by atoms with Crippen molar-refractivity contribution in [1.29, 1.82) is 0 Å². The van der Waals surface area contributed by atoms with Gasteiger partial charge in [0, 0.05) is 5.41 Å². The lowest BCUT2D eigenvalue weighted by atomic mass is 9.70. The molecule has 2 heteroatoms. The third-order valence-corrected chi connectivity index (χ3v) is 4.52. The topological polar surface area (TPSA) is 26.3 Å². The van der Waals surface area contributed by atoms with Crippen molar-refractivity contribution in [3.8, 4) is 0 Å². The Kier molecular flexibility index (Phi) is 3.58. The number of carbonyl (C=O) groups excluding carboxylic acids is 1. The van der Waals surface area contributed by atoms with Crippen molar-refractivity contribution < 1.29 is 9.53 Å². The Labute approximate surface area is 109 Å². The Hall–Kier alpha value is -1.15. The van der Waals surface area contributed by atoms with Crippen LogP contribution in [0, 0.1) is 10.8 Å². The van der Waals surface area contributed by atoms with Gasteiger partial charge in [0.1, 0.15) is 6.29 Å². The summed E-state index contributed by atoms with van der Waals surface area (Å²) in [5.41, 5.74) is 0.958. The first-order valence-corrected chi connectivity index (χ1v) is 6.59. The number of aldehydes is 1. The molecule has 1 saturated carbocycles. The van der Waals surface area contributed by atoms with Gasteiger partial charge in [-0.1, -0.05) is 51.1 Å². The van der Waals surface area contributed by atoms with Gasteiger partial charge in [-0.2, -0.15) is 0 Å². The molecular formula is C16H22O2. The van der Waals surface area contributed by atoms with Crippen LogP contribution in [0.3, 0.4) is 0 Å². The average Bonchev–Trinajstić information content (AvgIpc) is 2.59.